The number of carbonyl (C=O) groups excluding carboxylic acids is 1. The molecule has 3 aromatic heterocycles. The molecule has 1 aliphatic rings. The van der Waals surface area contributed by atoms with E-state index in [2.05, 4.69) is 20.3 Å². The number of nitrogens with zero attached hydrogens (tertiary/aromatic N) is 3. The van der Waals surface area contributed by atoms with Crippen LogP contribution in [0.2, 0.25) is 5.15 Å². The first-order chi connectivity index (χ1) is 17.4. The number of benzene rings is 1. The topological polar surface area (TPSA) is 111 Å². The molecular formula is C26H26ClN5O3S. The molecule has 3 atom stereocenters. The lowest BCUT2D eigenvalue weighted by atomic mass is 10.0. The minimum absolute atomic E-state index is 0.0409. The Hall–Kier alpha value is -3.11. The molecule has 186 valence electrons. The number of hydrogen-bond donors (Lipinski definition) is 3. The number of aromatic nitrogens is 3. The summed E-state index contributed by atoms with van der Waals surface area (Å²) in [5, 5.41) is 16.5. The molecule has 1 fully saturated rings. The van der Waals surface area contributed by atoms with E-state index in [9.17, 15) is 14.7 Å². The van der Waals surface area contributed by atoms with E-state index in [1.54, 1.807) is 36.3 Å². The lowest BCUT2D eigenvalue weighted by Crippen LogP contribution is -2.35. The lowest BCUT2D eigenvalue weighted by Gasteiger charge is -2.20. The van der Waals surface area contributed by atoms with E-state index in [1.165, 1.54) is 11.3 Å². The summed E-state index contributed by atoms with van der Waals surface area (Å²) < 4.78 is 0.586. The van der Waals surface area contributed by atoms with Crippen LogP contribution in [0.3, 0.4) is 0 Å². The minimum atomic E-state index is -0.639. The molecule has 3 N–H and O–H groups in total. The quantitative estimate of drug-likeness (QED) is 0.318. The molecule has 4 aromatic rings. The Morgan fingerprint density at radius 1 is 1.22 bits per heavy atom. The summed E-state index contributed by atoms with van der Waals surface area (Å²) >= 11 is 7.19. The molecule has 5 rings (SSSR count). The highest BCUT2D eigenvalue weighted by molar-refractivity contribution is 7.17. The van der Waals surface area contributed by atoms with Gasteiger partial charge in [-0.3, -0.25) is 9.59 Å². The van der Waals surface area contributed by atoms with Crippen molar-refractivity contribution in [2.45, 2.75) is 44.0 Å². The Kier molecular flexibility index (Phi) is 7.15. The number of halogens is 1. The van der Waals surface area contributed by atoms with Crippen LogP contribution in [0, 0.1) is 0 Å². The average Bonchev–Trinajstić information content (AvgIpc) is 3.54. The Labute approximate surface area is 217 Å². The number of aliphatic hydroxyl groups excluding tert-OH is 1. The van der Waals surface area contributed by atoms with E-state index in [0.717, 1.165) is 30.4 Å². The van der Waals surface area contributed by atoms with Gasteiger partial charge in [0.25, 0.3) is 11.5 Å². The van der Waals surface area contributed by atoms with Gasteiger partial charge in [-0.2, -0.15) is 0 Å². The van der Waals surface area contributed by atoms with Gasteiger partial charge >= 0.3 is 0 Å². The van der Waals surface area contributed by atoms with Crippen LogP contribution in [0.1, 0.15) is 46.3 Å². The van der Waals surface area contributed by atoms with Gasteiger partial charge < -0.3 is 20.3 Å². The third kappa shape index (κ3) is 5.34. The van der Waals surface area contributed by atoms with Crippen molar-refractivity contribution < 1.29 is 9.90 Å². The van der Waals surface area contributed by atoms with Crippen molar-refractivity contribution in [1.29, 1.82) is 0 Å². The number of pyridine rings is 1. The number of carbonyl (C=O) groups is 1. The van der Waals surface area contributed by atoms with Crippen LogP contribution in [0.5, 0.6) is 0 Å². The number of nitrogens with one attached hydrogen (secondary N) is 2. The van der Waals surface area contributed by atoms with Gasteiger partial charge in [0.15, 0.2) is 0 Å². The number of rotatable bonds is 7. The summed E-state index contributed by atoms with van der Waals surface area (Å²) in [7, 11) is 1.69. The summed E-state index contributed by atoms with van der Waals surface area (Å²) in [6, 6.07) is 13.1. The minimum Gasteiger partial charge on any atom is -0.387 e. The Bertz CT molecular complexity index is 1420. The van der Waals surface area contributed by atoms with Gasteiger partial charge in [0.1, 0.15) is 15.7 Å². The molecular weight excluding hydrogens is 498 g/mol. The van der Waals surface area contributed by atoms with E-state index in [1.807, 2.05) is 29.6 Å². The summed E-state index contributed by atoms with van der Waals surface area (Å²) in [6.07, 6.45) is 3.59. The molecule has 1 aliphatic heterocycles. The van der Waals surface area contributed by atoms with Crippen molar-refractivity contribution in [3.05, 3.63) is 92.1 Å². The first-order valence-electron chi connectivity index (χ1n) is 11.7. The molecule has 0 aliphatic carbocycles. The zero-order chi connectivity index (χ0) is 25.2. The monoisotopic (exact) mass is 523 g/mol. The van der Waals surface area contributed by atoms with Crippen LogP contribution in [0.25, 0.3) is 10.2 Å². The van der Waals surface area contributed by atoms with Crippen LogP contribution in [0.15, 0.2) is 58.8 Å². The number of hydrogen-bond acceptors (Lipinski definition) is 7. The highest BCUT2D eigenvalue weighted by Gasteiger charge is 2.30. The molecule has 1 saturated heterocycles. The molecule has 0 spiro atoms. The molecule has 8 nitrogen and oxygen atoms in total. The SMILES string of the molecule is CN(Cc1nc2ccsc2c(=O)[nH]1)C(=O)c1ccc(C[C@@H]2CC[C@H](C(O)c3ccc(Cl)nc3)N2)cc1. The number of amides is 1. The number of fused-ring (bicyclic) bond motifs is 1. The molecule has 36 heavy (non-hydrogen) atoms. The van der Waals surface area contributed by atoms with Gasteiger partial charge in [-0.1, -0.05) is 29.8 Å². The van der Waals surface area contributed by atoms with Crippen molar-refractivity contribution in [3.8, 4) is 0 Å². The molecule has 1 unspecified atom stereocenters. The summed E-state index contributed by atoms with van der Waals surface area (Å²) in [6.45, 7) is 0.209. The third-order valence-corrected chi connectivity index (χ3v) is 7.66. The van der Waals surface area contributed by atoms with Crippen molar-refractivity contribution >= 4 is 39.1 Å². The van der Waals surface area contributed by atoms with E-state index < -0.39 is 6.10 Å². The molecule has 0 bridgehead atoms. The summed E-state index contributed by atoms with van der Waals surface area (Å²) in [5.41, 5.74) is 2.89. The first-order valence-corrected chi connectivity index (χ1v) is 13.0. The van der Waals surface area contributed by atoms with E-state index in [-0.39, 0.29) is 30.1 Å². The van der Waals surface area contributed by atoms with Crippen LogP contribution in [0.4, 0.5) is 0 Å². The van der Waals surface area contributed by atoms with Gasteiger partial charge in [0.05, 0.1) is 18.2 Å². The fourth-order valence-corrected chi connectivity index (χ4v) is 5.47. The zero-order valence-corrected chi connectivity index (χ0v) is 21.2. The average molecular weight is 524 g/mol. The number of H-pyrrole nitrogens is 1. The summed E-state index contributed by atoms with van der Waals surface area (Å²) in [5.74, 6) is 0.310. The smallest absolute Gasteiger partial charge is 0.268 e. The van der Waals surface area contributed by atoms with Gasteiger partial charge in [0.2, 0.25) is 0 Å². The number of aliphatic hydroxyl groups is 1. The van der Waals surface area contributed by atoms with Crippen LogP contribution < -0.4 is 10.9 Å². The van der Waals surface area contributed by atoms with Crippen molar-refractivity contribution in [2.75, 3.05) is 7.05 Å². The Balaban J connectivity index is 1.17. The first kappa shape index (κ1) is 24.6. The number of thiophene rings is 1. The molecule has 0 radical (unpaired) electrons. The summed E-state index contributed by atoms with van der Waals surface area (Å²) in [4.78, 5) is 37.9. The lowest BCUT2D eigenvalue weighted by molar-refractivity contribution is 0.0781. The maximum absolute atomic E-state index is 12.9. The third-order valence-electron chi connectivity index (χ3n) is 6.53. The second-order valence-electron chi connectivity index (χ2n) is 9.12. The van der Waals surface area contributed by atoms with Crippen molar-refractivity contribution in [1.82, 2.24) is 25.2 Å². The predicted octanol–water partition coefficient (Wildman–Crippen LogP) is 3.70. The maximum atomic E-state index is 12.9. The molecule has 1 amide bonds. The predicted molar refractivity (Wildman–Crippen MR) is 140 cm³/mol. The second-order valence-corrected chi connectivity index (χ2v) is 10.4. The largest absolute Gasteiger partial charge is 0.387 e. The standard InChI is InChI=1S/C26H26ClN5O3S/c1-32(14-22-30-20-10-11-36-24(20)25(34)31-22)26(35)16-4-2-15(3-5-16)12-18-7-8-19(29-18)23(33)17-6-9-21(27)28-13-17/h2-6,9-11,13,18-19,23,29,33H,7-8,12,14H2,1H3,(H,30,31,34)/t18-,19+,23?/m0/s1. The van der Waals surface area contributed by atoms with E-state index >= 15 is 0 Å². The van der Waals surface area contributed by atoms with Crippen molar-refractivity contribution in [2.24, 2.45) is 0 Å². The fourth-order valence-electron chi connectivity index (χ4n) is 4.64. The van der Waals surface area contributed by atoms with Gasteiger partial charge in [-0.15, -0.1) is 11.3 Å². The normalized spacial score (nSPS) is 18.4. The molecule has 10 heteroatoms. The molecule has 1 aromatic carbocycles. The zero-order valence-electron chi connectivity index (χ0n) is 19.6. The Morgan fingerprint density at radius 2 is 2.03 bits per heavy atom. The van der Waals surface area contributed by atoms with Crippen molar-refractivity contribution in [3.63, 3.8) is 0 Å². The van der Waals surface area contributed by atoms with Gasteiger partial charge in [-0.25, -0.2) is 9.97 Å². The van der Waals surface area contributed by atoms with Crippen LogP contribution in [-0.4, -0.2) is 50.0 Å². The highest BCUT2D eigenvalue weighted by Crippen LogP contribution is 2.27. The molecule has 4 heterocycles. The van der Waals surface area contributed by atoms with E-state index in [4.69, 9.17) is 11.6 Å². The maximum Gasteiger partial charge on any atom is 0.268 e. The van der Waals surface area contributed by atoms with Gasteiger partial charge in [-0.05, 0) is 54.5 Å². The second kappa shape index (κ2) is 10.5. The molecule has 0 saturated carbocycles. The van der Waals surface area contributed by atoms with E-state index in [0.29, 0.717) is 26.8 Å². The number of aromatic amines is 1. The van der Waals surface area contributed by atoms with Gasteiger partial charge in [0, 0.05) is 36.5 Å². The van der Waals surface area contributed by atoms with Crippen LogP contribution >= 0.6 is 22.9 Å². The van der Waals surface area contributed by atoms with Crippen LogP contribution in [-0.2, 0) is 13.0 Å². The Morgan fingerprint density at radius 3 is 2.78 bits per heavy atom. The highest BCUT2D eigenvalue weighted by atomic mass is 35.5. The fraction of sp³-hybridized carbons (Fsp3) is 0.308.